The smallest absolute Gasteiger partial charge is 0.322 e. The second kappa shape index (κ2) is 2.78. The molecule has 0 aromatic rings. The maximum absolute atomic E-state index is 9.33. The molecule has 1 radical (unpaired) electrons. The summed E-state index contributed by atoms with van der Waals surface area (Å²) in [5.74, 6) is 0. The SMILES string of the molecule is CP(=O)(O)O.[Cu]. The van der Waals surface area contributed by atoms with E-state index in [2.05, 4.69) is 0 Å². The van der Waals surface area contributed by atoms with E-state index < -0.39 is 7.60 Å². The van der Waals surface area contributed by atoms with Crippen molar-refractivity contribution in [3.8, 4) is 0 Å². The molecule has 0 spiro atoms. The Bertz CT molecular complexity index is 56.9. The summed E-state index contributed by atoms with van der Waals surface area (Å²) >= 11 is 0. The Morgan fingerprint density at radius 2 is 1.50 bits per heavy atom. The van der Waals surface area contributed by atoms with Crippen LogP contribution in [0.1, 0.15) is 0 Å². The van der Waals surface area contributed by atoms with Gasteiger partial charge < -0.3 is 9.79 Å². The van der Waals surface area contributed by atoms with Crippen LogP contribution in [0.2, 0.25) is 0 Å². The molecule has 0 saturated heterocycles. The van der Waals surface area contributed by atoms with Crippen molar-refractivity contribution in [1.29, 1.82) is 0 Å². The zero-order valence-corrected chi connectivity index (χ0v) is 4.89. The summed E-state index contributed by atoms with van der Waals surface area (Å²) in [4.78, 5) is 15.3. The molecule has 0 aliphatic heterocycles. The van der Waals surface area contributed by atoms with Gasteiger partial charge in [-0.1, -0.05) is 0 Å². The average Bonchev–Trinajstić information content (AvgIpc) is 0.722. The molecule has 0 aromatic heterocycles. The van der Waals surface area contributed by atoms with Gasteiger partial charge in [0.15, 0.2) is 0 Å². The van der Waals surface area contributed by atoms with Crippen LogP contribution in [0.3, 0.4) is 0 Å². The quantitative estimate of drug-likeness (QED) is 0.380. The third-order valence-corrected chi connectivity index (χ3v) is 0. The topological polar surface area (TPSA) is 57.5 Å². The van der Waals surface area contributed by atoms with E-state index in [-0.39, 0.29) is 17.1 Å². The number of hydrogen-bond donors (Lipinski definition) is 2. The first kappa shape index (κ1) is 9.83. The van der Waals surface area contributed by atoms with Gasteiger partial charge in [0.25, 0.3) is 0 Å². The van der Waals surface area contributed by atoms with Crippen LogP contribution >= 0.6 is 7.60 Å². The maximum Gasteiger partial charge on any atom is 0.322 e. The van der Waals surface area contributed by atoms with Gasteiger partial charge in [-0.15, -0.1) is 0 Å². The van der Waals surface area contributed by atoms with E-state index >= 15 is 0 Å². The van der Waals surface area contributed by atoms with Crippen molar-refractivity contribution in [2.45, 2.75) is 0 Å². The molecule has 0 aromatic carbocycles. The van der Waals surface area contributed by atoms with Gasteiger partial charge >= 0.3 is 7.60 Å². The molecule has 0 amide bonds. The minimum absolute atomic E-state index is 0. The molecule has 0 saturated carbocycles. The van der Waals surface area contributed by atoms with Gasteiger partial charge in [0.05, 0.1) is 0 Å². The van der Waals surface area contributed by atoms with Crippen LogP contribution in [0.4, 0.5) is 0 Å². The van der Waals surface area contributed by atoms with Crippen molar-refractivity contribution in [1.82, 2.24) is 0 Å². The van der Waals surface area contributed by atoms with E-state index in [0.29, 0.717) is 0 Å². The fraction of sp³-hybridized carbons (Fsp3) is 1.00. The number of rotatable bonds is 0. The van der Waals surface area contributed by atoms with Crippen molar-refractivity contribution in [2.75, 3.05) is 6.66 Å². The van der Waals surface area contributed by atoms with E-state index in [4.69, 9.17) is 9.79 Å². The molecule has 0 aliphatic carbocycles. The Hall–Kier alpha value is 0.669. The summed E-state index contributed by atoms with van der Waals surface area (Å²) in [7, 11) is -3.64. The first-order valence-electron chi connectivity index (χ1n) is 1.03. The van der Waals surface area contributed by atoms with Crippen LogP contribution in [0, 0.1) is 0 Å². The van der Waals surface area contributed by atoms with Gasteiger partial charge in [-0.3, -0.25) is 4.57 Å². The summed E-state index contributed by atoms with van der Waals surface area (Å²) in [5, 5.41) is 0. The standard InChI is InChI=1S/CH5O3P.Cu/c1-5(2,3)4;/h1H3,(H2,2,3,4);. The summed E-state index contributed by atoms with van der Waals surface area (Å²) < 4.78 is 9.33. The summed E-state index contributed by atoms with van der Waals surface area (Å²) in [6.45, 7) is 0.854. The molecule has 2 N–H and O–H groups in total. The molecule has 0 unspecified atom stereocenters. The fourth-order valence-electron chi connectivity index (χ4n) is 0. The average molecular weight is 160 g/mol. The summed E-state index contributed by atoms with van der Waals surface area (Å²) in [5.41, 5.74) is 0. The second-order valence-electron chi connectivity index (χ2n) is 0.835. The van der Waals surface area contributed by atoms with Crippen molar-refractivity contribution < 1.29 is 31.4 Å². The maximum atomic E-state index is 9.33. The first-order valence-corrected chi connectivity index (χ1v) is 3.09. The Kier molecular flexibility index (Phi) is 4.55. The van der Waals surface area contributed by atoms with E-state index in [0.717, 1.165) is 6.66 Å². The molecule has 0 rings (SSSR count). The van der Waals surface area contributed by atoms with Crippen LogP contribution in [-0.2, 0) is 21.6 Å². The van der Waals surface area contributed by atoms with Crippen LogP contribution in [0.5, 0.6) is 0 Å². The number of hydrogen-bond acceptors (Lipinski definition) is 1. The molecular formula is CH5CuO3P. The van der Waals surface area contributed by atoms with Crippen LogP contribution in [0.15, 0.2) is 0 Å². The molecule has 3 nitrogen and oxygen atoms in total. The van der Waals surface area contributed by atoms with E-state index in [1.807, 2.05) is 0 Å². The molecule has 5 heteroatoms. The van der Waals surface area contributed by atoms with Crippen molar-refractivity contribution in [3.05, 3.63) is 0 Å². The van der Waals surface area contributed by atoms with E-state index in [1.165, 1.54) is 0 Å². The molecule has 6 heavy (non-hydrogen) atoms. The van der Waals surface area contributed by atoms with Crippen LogP contribution in [0.25, 0.3) is 0 Å². The van der Waals surface area contributed by atoms with E-state index in [1.54, 1.807) is 0 Å². The zero-order chi connectivity index (χ0) is 4.50. The molecule has 0 aliphatic rings. The van der Waals surface area contributed by atoms with Gasteiger partial charge in [-0.2, -0.15) is 0 Å². The van der Waals surface area contributed by atoms with Gasteiger partial charge in [0.1, 0.15) is 0 Å². The predicted octanol–water partition coefficient (Wildman–Crippen LogP) is -0.209. The monoisotopic (exact) mass is 159 g/mol. The third kappa shape index (κ3) is 140. The molecule has 0 heterocycles. The zero-order valence-electron chi connectivity index (χ0n) is 3.05. The van der Waals surface area contributed by atoms with E-state index in [9.17, 15) is 4.57 Å². The third-order valence-electron chi connectivity index (χ3n) is 0. The van der Waals surface area contributed by atoms with Crippen molar-refractivity contribution in [3.63, 3.8) is 0 Å². The minimum Gasteiger partial charge on any atom is -0.325 e. The molecule has 0 atom stereocenters. The molecular weight excluding hydrogens is 155 g/mol. The van der Waals surface area contributed by atoms with Crippen LogP contribution in [-0.4, -0.2) is 16.5 Å². The fourth-order valence-corrected chi connectivity index (χ4v) is 0. The Balaban J connectivity index is 0. The van der Waals surface area contributed by atoms with Gasteiger partial charge in [-0.05, 0) is 0 Å². The Morgan fingerprint density at radius 1 is 1.50 bits per heavy atom. The predicted molar refractivity (Wildman–Crippen MR) is 18.0 cm³/mol. The molecule has 43 valence electrons. The molecule has 0 bridgehead atoms. The summed E-state index contributed by atoms with van der Waals surface area (Å²) in [6.07, 6.45) is 0. The largest absolute Gasteiger partial charge is 0.325 e. The Morgan fingerprint density at radius 3 is 1.50 bits per heavy atom. The normalized spacial score (nSPS) is 9.83. The van der Waals surface area contributed by atoms with Gasteiger partial charge in [0.2, 0.25) is 0 Å². The van der Waals surface area contributed by atoms with Crippen molar-refractivity contribution >= 4 is 7.60 Å². The van der Waals surface area contributed by atoms with Gasteiger partial charge in [0, 0.05) is 23.7 Å². The van der Waals surface area contributed by atoms with Crippen molar-refractivity contribution in [2.24, 2.45) is 0 Å². The minimum atomic E-state index is -3.64. The van der Waals surface area contributed by atoms with Gasteiger partial charge in [-0.25, -0.2) is 0 Å². The molecule has 0 fully saturated rings. The second-order valence-corrected chi connectivity index (χ2v) is 2.51. The summed E-state index contributed by atoms with van der Waals surface area (Å²) in [6, 6.07) is 0. The first-order chi connectivity index (χ1) is 2.00. The van der Waals surface area contributed by atoms with Crippen LogP contribution < -0.4 is 0 Å². The Labute approximate surface area is 46.4 Å².